The van der Waals surface area contributed by atoms with Crippen LogP contribution in [0.3, 0.4) is 0 Å². The molecule has 1 atom stereocenters. The second kappa shape index (κ2) is 7.25. The molecule has 120 valence electrons. The molecule has 22 heavy (non-hydrogen) atoms. The fourth-order valence-corrected chi connectivity index (χ4v) is 3.46. The van der Waals surface area contributed by atoms with Crippen molar-refractivity contribution in [2.24, 2.45) is 5.92 Å². The van der Waals surface area contributed by atoms with Crippen molar-refractivity contribution < 1.29 is 4.79 Å². The van der Waals surface area contributed by atoms with E-state index in [1.54, 1.807) is 0 Å². The van der Waals surface area contributed by atoms with Gasteiger partial charge in [-0.15, -0.1) is 0 Å². The summed E-state index contributed by atoms with van der Waals surface area (Å²) in [6.45, 7) is 7.17. The van der Waals surface area contributed by atoms with Gasteiger partial charge in [0.1, 0.15) is 0 Å². The molecule has 0 aliphatic carbocycles. The van der Waals surface area contributed by atoms with Crippen molar-refractivity contribution in [3.63, 3.8) is 0 Å². The maximum atomic E-state index is 12.2. The maximum absolute atomic E-state index is 12.2. The Kier molecular flexibility index (Phi) is 5.11. The van der Waals surface area contributed by atoms with Crippen molar-refractivity contribution >= 4 is 5.91 Å². The van der Waals surface area contributed by atoms with Gasteiger partial charge < -0.3 is 10.6 Å². The molecule has 2 heterocycles. The van der Waals surface area contributed by atoms with Gasteiger partial charge in [-0.2, -0.15) is 0 Å². The number of hydrogen-bond donors (Lipinski definition) is 2. The summed E-state index contributed by atoms with van der Waals surface area (Å²) in [5, 5.41) is 6.51. The summed E-state index contributed by atoms with van der Waals surface area (Å²) >= 11 is 0. The Morgan fingerprint density at radius 2 is 2.05 bits per heavy atom. The Bertz CT molecular complexity index is 503. The predicted molar refractivity (Wildman–Crippen MR) is 88.6 cm³/mol. The largest absolute Gasteiger partial charge is 0.353 e. The molecule has 1 amide bonds. The quantitative estimate of drug-likeness (QED) is 0.889. The van der Waals surface area contributed by atoms with E-state index in [0.29, 0.717) is 6.04 Å². The van der Waals surface area contributed by atoms with Crippen LogP contribution in [0.1, 0.15) is 30.4 Å². The topological polar surface area (TPSA) is 44.4 Å². The smallest absolute Gasteiger partial charge is 0.224 e. The zero-order chi connectivity index (χ0) is 15.4. The second-order valence-corrected chi connectivity index (χ2v) is 6.68. The predicted octanol–water partition coefficient (Wildman–Crippen LogP) is 1.69. The van der Waals surface area contributed by atoms with Crippen molar-refractivity contribution in [3.05, 3.63) is 35.4 Å². The van der Waals surface area contributed by atoms with Crippen LogP contribution in [-0.4, -0.2) is 43.0 Å². The fraction of sp³-hybridized carbons (Fsp3) is 0.611. The van der Waals surface area contributed by atoms with Gasteiger partial charge in [0.15, 0.2) is 0 Å². The zero-order valence-electron chi connectivity index (χ0n) is 13.5. The molecule has 3 rings (SSSR count). The number of rotatable bonds is 4. The normalized spacial score (nSPS) is 23.6. The first-order valence-corrected chi connectivity index (χ1v) is 8.50. The number of carbonyl (C=O) groups excluding carboxylic acids is 1. The summed E-state index contributed by atoms with van der Waals surface area (Å²) in [7, 11) is 0. The number of amides is 1. The van der Waals surface area contributed by atoms with Crippen molar-refractivity contribution in [2.75, 3.05) is 26.2 Å². The van der Waals surface area contributed by atoms with Crippen LogP contribution < -0.4 is 10.6 Å². The monoisotopic (exact) mass is 301 g/mol. The molecule has 2 aliphatic heterocycles. The van der Waals surface area contributed by atoms with E-state index >= 15 is 0 Å². The first-order valence-electron chi connectivity index (χ1n) is 8.50. The summed E-state index contributed by atoms with van der Waals surface area (Å²) in [6.07, 6.45) is 3.12. The number of likely N-dealkylation sites (tertiary alicyclic amines) is 1. The van der Waals surface area contributed by atoms with E-state index in [0.717, 1.165) is 52.0 Å². The lowest BCUT2D eigenvalue weighted by Crippen LogP contribution is -2.46. The zero-order valence-corrected chi connectivity index (χ0v) is 13.5. The Hall–Kier alpha value is -1.39. The molecule has 1 unspecified atom stereocenters. The van der Waals surface area contributed by atoms with Gasteiger partial charge in [-0.3, -0.25) is 9.69 Å². The molecular formula is C18H27N3O. The van der Waals surface area contributed by atoms with Gasteiger partial charge in [-0.25, -0.2) is 0 Å². The highest BCUT2D eigenvalue weighted by molar-refractivity contribution is 5.79. The molecule has 2 saturated heterocycles. The fourth-order valence-electron chi connectivity index (χ4n) is 3.46. The molecule has 2 fully saturated rings. The average molecular weight is 301 g/mol. The van der Waals surface area contributed by atoms with E-state index in [1.165, 1.54) is 11.1 Å². The average Bonchev–Trinajstić information content (AvgIpc) is 3.06. The standard InChI is InChI=1S/C18H27N3O/c1-14-4-2-3-5-16(14)13-21-10-7-17(8-11-21)20-18(22)15-6-9-19-12-15/h2-5,15,17,19H,6-13H2,1H3,(H,20,22). The number of hydrogen-bond acceptors (Lipinski definition) is 3. The van der Waals surface area contributed by atoms with E-state index in [-0.39, 0.29) is 11.8 Å². The number of nitrogens with one attached hydrogen (secondary N) is 2. The van der Waals surface area contributed by atoms with Crippen LogP contribution >= 0.6 is 0 Å². The SMILES string of the molecule is Cc1ccccc1CN1CCC(NC(=O)C2CCNC2)CC1. The van der Waals surface area contributed by atoms with Crippen molar-refractivity contribution in [1.82, 2.24) is 15.5 Å². The molecule has 0 saturated carbocycles. The van der Waals surface area contributed by atoms with Gasteiger partial charge in [0.2, 0.25) is 5.91 Å². The lowest BCUT2D eigenvalue weighted by molar-refractivity contribution is -0.125. The molecular weight excluding hydrogens is 274 g/mol. The maximum Gasteiger partial charge on any atom is 0.224 e. The van der Waals surface area contributed by atoms with Crippen molar-refractivity contribution in [3.8, 4) is 0 Å². The van der Waals surface area contributed by atoms with Crippen LogP contribution in [0.4, 0.5) is 0 Å². The van der Waals surface area contributed by atoms with Gasteiger partial charge in [-0.05, 0) is 43.9 Å². The lowest BCUT2D eigenvalue weighted by atomic mass is 10.0. The van der Waals surface area contributed by atoms with Gasteiger partial charge >= 0.3 is 0 Å². The molecule has 0 aromatic heterocycles. The van der Waals surface area contributed by atoms with Crippen LogP contribution in [0.15, 0.2) is 24.3 Å². The molecule has 0 radical (unpaired) electrons. The van der Waals surface area contributed by atoms with Gasteiger partial charge in [0.25, 0.3) is 0 Å². The second-order valence-electron chi connectivity index (χ2n) is 6.68. The van der Waals surface area contributed by atoms with Crippen LogP contribution in [0.2, 0.25) is 0 Å². The highest BCUT2D eigenvalue weighted by Crippen LogP contribution is 2.17. The number of nitrogens with zero attached hydrogens (tertiary/aromatic N) is 1. The third-order valence-electron chi connectivity index (χ3n) is 5.02. The van der Waals surface area contributed by atoms with E-state index < -0.39 is 0 Å². The molecule has 0 spiro atoms. The van der Waals surface area contributed by atoms with E-state index in [9.17, 15) is 4.79 Å². The third-order valence-corrected chi connectivity index (χ3v) is 5.02. The first kappa shape index (κ1) is 15.5. The van der Waals surface area contributed by atoms with Gasteiger partial charge in [0.05, 0.1) is 5.92 Å². The molecule has 4 nitrogen and oxygen atoms in total. The molecule has 2 aliphatic rings. The Morgan fingerprint density at radius 1 is 1.27 bits per heavy atom. The number of aryl methyl sites for hydroxylation is 1. The first-order chi connectivity index (χ1) is 10.7. The minimum absolute atomic E-state index is 0.185. The van der Waals surface area contributed by atoms with Crippen LogP contribution in [-0.2, 0) is 11.3 Å². The minimum atomic E-state index is 0.185. The Labute approximate surface area is 133 Å². The van der Waals surface area contributed by atoms with E-state index in [1.807, 2.05) is 0 Å². The Balaban J connectivity index is 1.44. The minimum Gasteiger partial charge on any atom is -0.353 e. The van der Waals surface area contributed by atoms with E-state index in [2.05, 4.69) is 46.7 Å². The van der Waals surface area contributed by atoms with Crippen molar-refractivity contribution in [2.45, 2.75) is 38.8 Å². The van der Waals surface area contributed by atoms with E-state index in [4.69, 9.17) is 0 Å². The number of piperidine rings is 1. The summed E-state index contributed by atoms with van der Waals surface area (Å²) in [5.74, 6) is 0.437. The summed E-state index contributed by atoms with van der Waals surface area (Å²) < 4.78 is 0. The Morgan fingerprint density at radius 3 is 2.73 bits per heavy atom. The molecule has 1 aromatic rings. The highest BCUT2D eigenvalue weighted by Gasteiger charge is 2.26. The van der Waals surface area contributed by atoms with Crippen LogP contribution in [0, 0.1) is 12.8 Å². The highest BCUT2D eigenvalue weighted by atomic mass is 16.2. The van der Waals surface area contributed by atoms with Crippen LogP contribution in [0.5, 0.6) is 0 Å². The van der Waals surface area contributed by atoms with Crippen molar-refractivity contribution in [1.29, 1.82) is 0 Å². The van der Waals surface area contributed by atoms with Crippen LogP contribution in [0.25, 0.3) is 0 Å². The lowest BCUT2D eigenvalue weighted by Gasteiger charge is -2.33. The molecule has 0 bridgehead atoms. The van der Waals surface area contributed by atoms with Gasteiger partial charge in [-0.1, -0.05) is 24.3 Å². The number of benzene rings is 1. The molecule has 4 heteroatoms. The molecule has 1 aromatic carbocycles. The summed E-state index contributed by atoms with van der Waals surface area (Å²) in [6, 6.07) is 8.97. The molecule has 2 N–H and O–H groups in total. The summed E-state index contributed by atoms with van der Waals surface area (Å²) in [4.78, 5) is 14.7. The number of carbonyl (C=O) groups is 1. The van der Waals surface area contributed by atoms with Gasteiger partial charge in [0, 0.05) is 32.2 Å². The third kappa shape index (κ3) is 3.87. The summed E-state index contributed by atoms with van der Waals surface area (Å²) in [5.41, 5.74) is 2.79.